The van der Waals surface area contributed by atoms with Gasteiger partial charge in [0.25, 0.3) is 5.91 Å². The second kappa shape index (κ2) is 6.48. The Balaban J connectivity index is 1.96. The van der Waals surface area contributed by atoms with Crippen LogP contribution in [0.4, 0.5) is 0 Å². The average molecular weight is 352 g/mol. The van der Waals surface area contributed by atoms with Crippen molar-refractivity contribution in [3.8, 4) is 0 Å². The predicted molar refractivity (Wildman–Crippen MR) is 81.2 cm³/mol. The van der Waals surface area contributed by atoms with Crippen LogP contribution >= 0.6 is 23.2 Å². The Morgan fingerprint density at radius 2 is 1.81 bits per heavy atom. The van der Waals surface area contributed by atoms with Gasteiger partial charge in [0, 0.05) is 24.7 Å². The number of hydrogen-bond acceptors (Lipinski definition) is 4. The van der Waals surface area contributed by atoms with Crippen molar-refractivity contribution >= 4 is 39.1 Å². The van der Waals surface area contributed by atoms with E-state index in [0.29, 0.717) is 31.5 Å². The van der Waals surface area contributed by atoms with Crippen LogP contribution in [0, 0.1) is 0 Å². The summed E-state index contributed by atoms with van der Waals surface area (Å²) < 4.78 is 24.2. The Morgan fingerprint density at radius 3 is 2.29 bits per heavy atom. The summed E-state index contributed by atoms with van der Waals surface area (Å²) in [5.41, 5.74) is 0.338. The third-order valence-corrected chi connectivity index (χ3v) is 4.97. The van der Waals surface area contributed by atoms with Crippen LogP contribution in [0.25, 0.3) is 0 Å². The minimum Gasteiger partial charge on any atom is -0.349 e. The van der Waals surface area contributed by atoms with E-state index in [0.717, 1.165) is 0 Å². The van der Waals surface area contributed by atoms with Gasteiger partial charge in [0.05, 0.1) is 6.26 Å². The van der Waals surface area contributed by atoms with Crippen molar-refractivity contribution in [1.82, 2.24) is 14.6 Å². The summed E-state index contributed by atoms with van der Waals surface area (Å²) in [5.74, 6) is -0.293. The number of carbonyl (C=O) groups is 1. The molecule has 21 heavy (non-hydrogen) atoms. The van der Waals surface area contributed by atoms with Gasteiger partial charge < -0.3 is 5.32 Å². The molecule has 1 aliphatic rings. The molecule has 0 aliphatic carbocycles. The first kappa shape index (κ1) is 16.5. The van der Waals surface area contributed by atoms with E-state index in [9.17, 15) is 13.2 Å². The molecule has 116 valence electrons. The van der Waals surface area contributed by atoms with Gasteiger partial charge in [-0.25, -0.2) is 17.7 Å². The first-order chi connectivity index (χ1) is 9.75. The van der Waals surface area contributed by atoms with Crippen molar-refractivity contribution in [1.29, 1.82) is 0 Å². The molecule has 1 amide bonds. The molecule has 0 spiro atoms. The molecule has 1 fully saturated rings. The Kier molecular flexibility index (Phi) is 5.08. The van der Waals surface area contributed by atoms with Gasteiger partial charge in [-0.3, -0.25) is 4.79 Å². The number of rotatable bonds is 3. The zero-order valence-electron chi connectivity index (χ0n) is 11.3. The molecule has 1 aromatic rings. The van der Waals surface area contributed by atoms with Gasteiger partial charge >= 0.3 is 0 Å². The lowest BCUT2D eigenvalue weighted by molar-refractivity contribution is 0.0924. The smallest absolute Gasteiger partial charge is 0.251 e. The van der Waals surface area contributed by atoms with Crippen molar-refractivity contribution in [2.24, 2.45) is 0 Å². The van der Waals surface area contributed by atoms with Crippen LogP contribution in [0.3, 0.4) is 0 Å². The van der Waals surface area contributed by atoms with E-state index >= 15 is 0 Å². The second-order valence-corrected chi connectivity index (χ2v) is 7.67. The molecule has 0 atom stereocenters. The van der Waals surface area contributed by atoms with Crippen molar-refractivity contribution in [3.05, 3.63) is 28.0 Å². The zero-order valence-corrected chi connectivity index (χ0v) is 13.7. The van der Waals surface area contributed by atoms with Gasteiger partial charge in [0.1, 0.15) is 10.3 Å². The molecule has 0 saturated carbocycles. The fourth-order valence-corrected chi connectivity index (χ4v) is 3.53. The largest absolute Gasteiger partial charge is 0.349 e. The van der Waals surface area contributed by atoms with Gasteiger partial charge in [-0.1, -0.05) is 23.2 Å². The van der Waals surface area contributed by atoms with Gasteiger partial charge in [0.15, 0.2) is 0 Å². The molecule has 0 aromatic carbocycles. The highest BCUT2D eigenvalue weighted by Gasteiger charge is 2.26. The number of sulfonamides is 1. The second-order valence-electron chi connectivity index (χ2n) is 4.91. The minimum atomic E-state index is -3.16. The number of aromatic nitrogens is 1. The molecular formula is C12H15Cl2N3O3S. The summed E-state index contributed by atoms with van der Waals surface area (Å²) in [4.78, 5) is 15.9. The van der Waals surface area contributed by atoms with Crippen molar-refractivity contribution in [2.75, 3.05) is 19.3 Å². The molecular weight excluding hydrogens is 337 g/mol. The number of nitrogens with zero attached hydrogens (tertiary/aromatic N) is 2. The summed E-state index contributed by atoms with van der Waals surface area (Å²) in [6, 6.07) is 2.81. The lowest BCUT2D eigenvalue weighted by Crippen LogP contribution is -2.46. The van der Waals surface area contributed by atoms with E-state index in [4.69, 9.17) is 23.2 Å². The standard InChI is InChI=1S/C12H15Cl2N3O3S/c1-21(19,20)17-4-2-9(3-5-17)15-12(18)8-6-10(13)16-11(14)7-8/h6-7,9H,2-5H2,1H3,(H,15,18). The molecule has 1 aliphatic heterocycles. The molecule has 9 heteroatoms. The van der Waals surface area contributed by atoms with E-state index < -0.39 is 10.0 Å². The molecule has 1 saturated heterocycles. The molecule has 1 aromatic heterocycles. The Hall–Kier alpha value is -0.890. The molecule has 0 unspecified atom stereocenters. The van der Waals surface area contributed by atoms with Crippen LogP contribution in [0.2, 0.25) is 10.3 Å². The molecule has 1 N–H and O–H groups in total. The Labute approximate surface area is 133 Å². The maximum absolute atomic E-state index is 12.1. The first-order valence-corrected chi connectivity index (χ1v) is 8.95. The average Bonchev–Trinajstić information content (AvgIpc) is 2.37. The number of piperidine rings is 1. The fourth-order valence-electron chi connectivity index (χ4n) is 2.20. The number of pyridine rings is 1. The Bertz CT molecular complexity index is 623. The normalized spacial score (nSPS) is 17.7. The topological polar surface area (TPSA) is 79.4 Å². The summed E-state index contributed by atoms with van der Waals surface area (Å²) in [6.45, 7) is 0.809. The highest BCUT2D eigenvalue weighted by molar-refractivity contribution is 7.88. The van der Waals surface area contributed by atoms with Crippen LogP contribution in [0.5, 0.6) is 0 Å². The number of carbonyl (C=O) groups excluding carboxylic acids is 1. The van der Waals surface area contributed by atoms with Crippen molar-refractivity contribution in [2.45, 2.75) is 18.9 Å². The summed E-state index contributed by atoms with van der Waals surface area (Å²) in [5, 5.41) is 3.16. The van der Waals surface area contributed by atoms with Crippen LogP contribution in [0.1, 0.15) is 23.2 Å². The maximum Gasteiger partial charge on any atom is 0.251 e. The first-order valence-electron chi connectivity index (χ1n) is 6.35. The number of halogens is 2. The highest BCUT2D eigenvalue weighted by Crippen LogP contribution is 2.17. The van der Waals surface area contributed by atoms with E-state index in [2.05, 4.69) is 10.3 Å². The summed E-state index contributed by atoms with van der Waals surface area (Å²) in [7, 11) is -3.16. The van der Waals surface area contributed by atoms with Crippen molar-refractivity contribution < 1.29 is 13.2 Å². The minimum absolute atomic E-state index is 0.0683. The number of hydrogen-bond donors (Lipinski definition) is 1. The number of amides is 1. The zero-order chi connectivity index (χ0) is 15.6. The SMILES string of the molecule is CS(=O)(=O)N1CCC(NC(=O)c2cc(Cl)nc(Cl)c2)CC1. The summed E-state index contributed by atoms with van der Waals surface area (Å²) in [6.07, 6.45) is 2.34. The lowest BCUT2D eigenvalue weighted by Gasteiger charge is -2.30. The van der Waals surface area contributed by atoms with E-state index in [1.165, 1.54) is 22.7 Å². The highest BCUT2D eigenvalue weighted by atomic mass is 35.5. The predicted octanol–water partition coefficient (Wildman–Crippen LogP) is 1.54. The molecule has 0 bridgehead atoms. The van der Waals surface area contributed by atoms with Gasteiger partial charge in [-0.15, -0.1) is 0 Å². The van der Waals surface area contributed by atoms with E-state index in [1.54, 1.807) is 0 Å². The van der Waals surface area contributed by atoms with Gasteiger partial charge in [-0.05, 0) is 25.0 Å². The molecule has 0 radical (unpaired) electrons. The quantitative estimate of drug-likeness (QED) is 0.837. The fraction of sp³-hybridized carbons (Fsp3) is 0.500. The lowest BCUT2D eigenvalue weighted by atomic mass is 10.1. The van der Waals surface area contributed by atoms with Crippen LogP contribution in [-0.4, -0.2) is 49.0 Å². The third-order valence-electron chi connectivity index (χ3n) is 3.28. The third kappa shape index (κ3) is 4.54. The van der Waals surface area contributed by atoms with Gasteiger partial charge in [-0.2, -0.15) is 0 Å². The molecule has 6 nitrogen and oxygen atoms in total. The molecule has 2 heterocycles. The van der Waals surface area contributed by atoms with E-state index in [-0.39, 0.29) is 22.3 Å². The monoisotopic (exact) mass is 351 g/mol. The number of nitrogens with one attached hydrogen (secondary N) is 1. The molecule has 2 rings (SSSR count). The Morgan fingerprint density at radius 1 is 1.29 bits per heavy atom. The van der Waals surface area contributed by atoms with Gasteiger partial charge in [0.2, 0.25) is 10.0 Å². The van der Waals surface area contributed by atoms with Crippen LogP contribution in [0.15, 0.2) is 12.1 Å². The summed E-state index contributed by atoms with van der Waals surface area (Å²) >= 11 is 11.5. The van der Waals surface area contributed by atoms with Crippen molar-refractivity contribution in [3.63, 3.8) is 0 Å². The maximum atomic E-state index is 12.1. The van der Waals surface area contributed by atoms with E-state index in [1.807, 2.05) is 0 Å². The van der Waals surface area contributed by atoms with Crippen LogP contribution in [-0.2, 0) is 10.0 Å². The van der Waals surface area contributed by atoms with Crippen LogP contribution < -0.4 is 5.32 Å².